The number of aromatic nitrogens is 2. The normalized spacial score (nSPS) is 11.2. The number of hydrogen-bond donors (Lipinski definition) is 3. The first kappa shape index (κ1) is 14.2. The van der Waals surface area contributed by atoms with E-state index in [0.717, 1.165) is 5.56 Å². The third-order valence-corrected chi connectivity index (χ3v) is 2.93. The summed E-state index contributed by atoms with van der Waals surface area (Å²) >= 11 is 0. The molecule has 0 radical (unpaired) electrons. The van der Waals surface area contributed by atoms with Gasteiger partial charge in [-0.15, -0.1) is 0 Å². The van der Waals surface area contributed by atoms with E-state index in [1.165, 1.54) is 0 Å². The number of nitrogens with two attached hydrogens (primary N) is 1. The second-order valence-corrected chi connectivity index (χ2v) is 4.52. The van der Waals surface area contributed by atoms with E-state index in [1.54, 1.807) is 42.6 Å². The monoisotopic (exact) mass is 305 g/mol. The molecule has 0 aliphatic rings. The lowest BCUT2D eigenvalue weighted by atomic mass is 10.2. The summed E-state index contributed by atoms with van der Waals surface area (Å²) in [5, 5.41) is 19.8. The maximum absolute atomic E-state index is 8.81. The number of pyridine rings is 1. The maximum Gasteiger partial charge on any atom is 0.228 e. The Morgan fingerprint density at radius 3 is 2.96 bits per heavy atom. The van der Waals surface area contributed by atoms with Gasteiger partial charge in [0.05, 0.1) is 5.69 Å². The molecule has 2 aromatic heterocycles. The molecule has 0 atom stereocenters. The number of oxazole rings is 1. The van der Waals surface area contributed by atoms with Crippen LogP contribution in [0.3, 0.4) is 0 Å². The Balaban J connectivity index is 1.91. The highest BCUT2D eigenvalue weighted by molar-refractivity contribution is 6.45. The molecule has 3 rings (SSSR count). The van der Waals surface area contributed by atoms with Gasteiger partial charge in [-0.2, -0.15) is 15.3 Å². The molecular formula is C15H11N7O. The van der Waals surface area contributed by atoms with E-state index in [9.17, 15) is 0 Å². The topological polar surface area (TPSA) is 137 Å². The Morgan fingerprint density at radius 2 is 2.22 bits per heavy atom. The summed E-state index contributed by atoms with van der Waals surface area (Å²) in [7, 11) is 0. The molecule has 3 aromatic rings. The van der Waals surface area contributed by atoms with Crippen LogP contribution in [0.4, 0.5) is 5.69 Å². The summed E-state index contributed by atoms with van der Waals surface area (Å²) in [5.41, 5.74) is 10.2. The van der Waals surface area contributed by atoms with Gasteiger partial charge in [-0.1, -0.05) is 6.07 Å². The summed E-state index contributed by atoms with van der Waals surface area (Å²) in [5.74, 6) is 0.0274. The van der Waals surface area contributed by atoms with Gasteiger partial charge >= 0.3 is 0 Å². The van der Waals surface area contributed by atoms with Gasteiger partial charge < -0.3 is 10.2 Å². The van der Waals surface area contributed by atoms with E-state index in [-0.39, 0.29) is 5.71 Å². The average molecular weight is 305 g/mol. The van der Waals surface area contributed by atoms with Crippen molar-refractivity contribution in [2.45, 2.75) is 0 Å². The van der Waals surface area contributed by atoms with Crippen molar-refractivity contribution in [3.8, 4) is 17.5 Å². The molecule has 0 aliphatic heterocycles. The highest BCUT2D eigenvalue weighted by atomic mass is 16.3. The van der Waals surface area contributed by atoms with Crippen LogP contribution in [-0.2, 0) is 0 Å². The molecule has 0 saturated heterocycles. The number of hydrazone groups is 1. The minimum Gasteiger partial charge on any atom is -0.434 e. The summed E-state index contributed by atoms with van der Waals surface area (Å²) in [4.78, 5) is 8.44. The van der Waals surface area contributed by atoms with Crippen LogP contribution in [0.5, 0.6) is 0 Å². The van der Waals surface area contributed by atoms with E-state index in [4.69, 9.17) is 20.8 Å². The van der Waals surface area contributed by atoms with Gasteiger partial charge in [0.15, 0.2) is 17.1 Å². The Hall–Kier alpha value is -3.73. The van der Waals surface area contributed by atoms with Gasteiger partial charge in [0.25, 0.3) is 0 Å². The molecular weight excluding hydrogens is 294 g/mol. The average Bonchev–Trinajstić information content (AvgIpc) is 2.99. The smallest absolute Gasteiger partial charge is 0.228 e. The zero-order chi connectivity index (χ0) is 16.2. The van der Waals surface area contributed by atoms with E-state index < -0.39 is 5.84 Å². The van der Waals surface area contributed by atoms with Crippen LogP contribution in [0.1, 0.15) is 0 Å². The fraction of sp³-hybridized carbons (Fsp3) is 0. The van der Waals surface area contributed by atoms with Crippen LogP contribution in [0, 0.1) is 16.7 Å². The van der Waals surface area contributed by atoms with Crippen LogP contribution < -0.4 is 11.2 Å². The quantitative estimate of drug-likeness (QED) is 0.383. The van der Waals surface area contributed by atoms with E-state index in [2.05, 4.69) is 20.5 Å². The largest absolute Gasteiger partial charge is 0.434 e. The number of nitrogens with one attached hydrogen (secondary N) is 2. The number of fused-ring (bicyclic) bond motifs is 1. The van der Waals surface area contributed by atoms with Crippen LogP contribution >= 0.6 is 0 Å². The molecule has 0 amide bonds. The van der Waals surface area contributed by atoms with Crippen LogP contribution in [0.25, 0.3) is 22.7 Å². The van der Waals surface area contributed by atoms with Crippen LogP contribution in [0.2, 0.25) is 0 Å². The lowest BCUT2D eigenvalue weighted by molar-refractivity contribution is 0.619. The van der Waals surface area contributed by atoms with Gasteiger partial charge in [0.1, 0.15) is 6.07 Å². The van der Waals surface area contributed by atoms with Crippen LogP contribution in [0.15, 0.2) is 52.1 Å². The number of nitrogens with zero attached hydrogens (tertiary/aromatic N) is 4. The van der Waals surface area contributed by atoms with Gasteiger partial charge in [-0.05, 0) is 30.3 Å². The molecule has 4 N–H and O–H groups in total. The third kappa shape index (κ3) is 2.98. The summed E-state index contributed by atoms with van der Waals surface area (Å²) < 4.78 is 5.65. The molecule has 0 unspecified atom stereocenters. The standard InChI is InChI=1S/C15H11N7O/c16-8-11(13(17)18)22-21-10-4-1-3-9(7-10)15-20-14-12(23-15)5-2-6-19-14/h1-7,21H,(H3,17,18)/b22-11+. The van der Waals surface area contributed by atoms with E-state index >= 15 is 0 Å². The Kier molecular flexibility index (Phi) is 3.68. The van der Waals surface area contributed by atoms with Crippen molar-refractivity contribution in [3.63, 3.8) is 0 Å². The highest BCUT2D eigenvalue weighted by Gasteiger charge is 2.09. The molecule has 8 heteroatoms. The number of rotatable bonds is 4. The molecule has 0 aliphatic carbocycles. The predicted octanol–water partition coefficient (Wildman–Crippen LogP) is 2.12. The van der Waals surface area contributed by atoms with Crippen molar-refractivity contribution in [1.29, 1.82) is 10.7 Å². The van der Waals surface area contributed by atoms with Crippen molar-refractivity contribution in [3.05, 3.63) is 42.6 Å². The number of hydrogen-bond acceptors (Lipinski definition) is 7. The van der Waals surface area contributed by atoms with E-state index in [0.29, 0.717) is 22.8 Å². The van der Waals surface area contributed by atoms with E-state index in [1.807, 2.05) is 6.07 Å². The van der Waals surface area contributed by atoms with Gasteiger partial charge in [0, 0.05) is 11.8 Å². The third-order valence-electron chi connectivity index (χ3n) is 2.93. The first-order valence-corrected chi connectivity index (χ1v) is 6.57. The Bertz CT molecular complexity index is 919. The SMILES string of the molecule is N#C/C(=N\Nc1cccc(-c2nc3ncccc3o2)c1)C(=N)N. The molecule has 2 heterocycles. The predicted molar refractivity (Wildman–Crippen MR) is 85.8 cm³/mol. The zero-order valence-corrected chi connectivity index (χ0v) is 11.8. The van der Waals surface area contributed by atoms with Crippen molar-refractivity contribution in [2.24, 2.45) is 10.8 Å². The summed E-state index contributed by atoms with van der Waals surface area (Å²) in [6.45, 7) is 0. The summed E-state index contributed by atoms with van der Waals surface area (Å²) in [6.07, 6.45) is 1.65. The minimum absolute atomic E-state index is 0.193. The second kappa shape index (κ2) is 5.95. The van der Waals surface area contributed by atoms with Crippen molar-refractivity contribution in [2.75, 3.05) is 5.43 Å². The number of benzene rings is 1. The second-order valence-electron chi connectivity index (χ2n) is 4.52. The molecule has 8 nitrogen and oxygen atoms in total. The Labute approximate surface area is 130 Å². The Morgan fingerprint density at radius 1 is 1.35 bits per heavy atom. The molecule has 0 fully saturated rings. The first-order valence-electron chi connectivity index (χ1n) is 6.57. The zero-order valence-electron chi connectivity index (χ0n) is 11.8. The van der Waals surface area contributed by atoms with Crippen molar-refractivity contribution >= 4 is 28.5 Å². The summed E-state index contributed by atoms with van der Waals surface area (Å²) in [6, 6.07) is 12.4. The maximum atomic E-state index is 8.81. The lowest BCUT2D eigenvalue weighted by Crippen LogP contribution is -2.21. The highest BCUT2D eigenvalue weighted by Crippen LogP contribution is 2.25. The number of anilines is 1. The molecule has 1 aromatic carbocycles. The fourth-order valence-corrected chi connectivity index (χ4v) is 1.88. The molecule has 0 bridgehead atoms. The molecule has 0 saturated carbocycles. The van der Waals surface area contributed by atoms with Crippen molar-refractivity contribution in [1.82, 2.24) is 9.97 Å². The van der Waals surface area contributed by atoms with Crippen molar-refractivity contribution < 1.29 is 4.42 Å². The van der Waals surface area contributed by atoms with Gasteiger partial charge in [0.2, 0.25) is 11.6 Å². The first-order chi connectivity index (χ1) is 11.2. The molecule has 0 spiro atoms. The molecule has 23 heavy (non-hydrogen) atoms. The number of nitriles is 1. The lowest BCUT2D eigenvalue weighted by Gasteiger charge is -2.02. The van der Waals surface area contributed by atoms with Crippen LogP contribution in [-0.4, -0.2) is 21.5 Å². The van der Waals surface area contributed by atoms with Gasteiger partial charge in [-0.25, -0.2) is 4.98 Å². The number of amidine groups is 1. The minimum atomic E-state index is -0.402. The van der Waals surface area contributed by atoms with Gasteiger partial charge in [-0.3, -0.25) is 10.8 Å². The molecule has 112 valence electrons. The fourth-order valence-electron chi connectivity index (χ4n) is 1.88.